The number of aromatic nitrogens is 4. The predicted molar refractivity (Wildman–Crippen MR) is 368 cm³/mol. The summed E-state index contributed by atoms with van der Waals surface area (Å²) in [6.07, 6.45) is 17.7. The quantitative estimate of drug-likeness (QED) is 0.0671. The van der Waals surface area contributed by atoms with Crippen molar-refractivity contribution >= 4 is 53.4 Å². The third-order valence-electron chi connectivity index (χ3n) is 18.5. The lowest BCUT2D eigenvalue weighted by Crippen LogP contribution is -2.25. The highest BCUT2D eigenvalue weighted by Gasteiger charge is 2.42. The second kappa shape index (κ2) is 24.5. The molecule has 14 rings (SSSR count). The number of thiophene rings is 1. The summed E-state index contributed by atoms with van der Waals surface area (Å²) in [4.78, 5) is 21.8. The maximum absolute atomic E-state index is 6.39. The molecule has 5 nitrogen and oxygen atoms in total. The van der Waals surface area contributed by atoms with E-state index >= 15 is 0 Å². The van der Waals surface area contributed by atoms with Crippen molar-refractivity contribution in [3.63, 3.8) is 0 Å². The largest absolute Gasteiger partial charge is 0.456 e. The monoisotopic (exact) mass is 1150 g/mol. The molecular formula is C81H74N4OS. The fourth-order valence-electron chi connectivity index (χ4n) is 13.7. The highest BCUT2D eigenvalue weighted by atomic mass is 32.1. The number of hydrogen-bond donors (Lipinski definition) is 0. The molecule has 0 unspecified atom stereocenters. The highest BCUT2D eigenvalue weighted by Crippen LogP contribution is 2.55. The first-order chi connectivity index (χ1) is 42.8. The van der Waals surface area contributed by atoms with Gasteiger partial charge in [0, 0.05) is 69.7 Å². The molecular weight excluding hydrogens is 1080 g/mol. The molecule has 0 saturated heterocycles. The molecule has 0 spiro atoms. The number of aryl methyl sites for hydroxylation is 2. The molecule has 0 fully saturated rings. The van der Waals surface area contributed by atoms with E-state index in [-0.39, 0.29) is 5.41 Å². The molecule has 0 bridgehead atoms. The second-order valence-corrected chi connectivity index (χ2v) is 25.6. The Balaban J connectivity index is 0.907. The third kappa shape index (κ3) is 11.2. The van der Waals surface area contributed by atoms with Crippen LogP contribution in [0.15, 0.2) is 211 Å². The van der Waals surface area contributed by atoms with Crippen LogP contribution in [0, 0.1) is 13.8 Å². The predicted octanol–water partition coefficient (Wildman–Crippen LogP) is 23.6. The van der Waals surface area contributed by atoms with Gasteiger partial charge in [0.1, 0.15) is 11.2 Å². The molecule has 1 aliphatic carbocycles. The molecule has 13 aromatic rings. The average Bonchev–Trinajstić information content (AvgIpc) is 1.65. The van der Waals surface area contributed by atoms with E-state index in [4.69, 9.17) is 24.4 Å². The Labute approximate surface area is 516 Å². The summed E-state index contributed by atoms with van der Waals surface area (Å²) in [6.45, 7) is 9.04. The second-order valence-electron chi connectivity index (χ2n) is 24.5. The Morgan fingerprint density at radius 2 is 0.839 bits per heavy atom. The van der Waals surface area contributed by atoms with Crippen LogP contribution >= 0.6 is 11.3 Å². The summed E-state index contributed by atoms with van der Waals surface area (Å²) in [5, 5.41) is 4.66. The summed E-state index contributed by atoms with van der Waals surface area (Å²) in [5.41, 5.74) is 22.0. The topological polar surface area (TPSA) is 64.7 Å². The maximum Gasteiger partial charge on any atom is 0.160 e. The zero-order valence-electron chi connectivity index (χ0n) is 50.6. The van der Waals surface area contributed by atoms with Gasteiger partial charge in [0.2, 0.25) is 0 Å². The normalized spacial score (nSPS) is 12.6. The number of hydrogen-bond acceptors (Lipinski definition) is 6. The highest BCUT2D eigenvalue weighted by molar-refractivity contribution is 7.25. The van der Waals surface area contributed by atoms with Crippen molar-refractivity contribution in [3.05, 3.63) is 229 Å². The van der Waals surface area contributed by atoms with Crippen molar-refractivity contribution in [1.29, 1.82) is 0 Å². The van der Waals surface area contributed by atoms with E-state index in [0.717, 1.165) is 90.9 Å². The van der Waals surface area contributed by atoms with Gasteiger partial charge in [-0.05, 0) is 121 Å². The van der Waals surface area contributed by atoms with Crippen LogP contribution in [-0.2, 0) is 5.41 Å². The van der Waals surface area contributed by atoms with E-state index in [9.17, 15) is 0 Å². The zero-order chi connectivity index (χ0) is 58.8. The van der Waals surface area contributed by atoms with Gasteiger partial charge in [0.25, 0.3) is 0 Å². The van der Waals surface area contributed by atoms with Crippen LogP contribution in [0.2, 0.25) is 0 Å². The molecule has 0 N–H and O–H groups in total. The van der Waals surface area contributed by atoms with E-state index in [2.05, 4.69) is 222 Å². The van der Waals surface area contributed by atoms with Gasteiger partial charge in [-0.2, -0.15) is 0 Å². The Kier molecular flexibility index (Phi) is 15.8. The summed E-state index contributed by atoms with van der Waals surface area (Å²) in [6, 6.07) is 75.1. The van der Waals surface area contributed by atoms with Crippen LogP contribution in [0.5, 0.6) is 0 Å². The smallest absolute Gasteiger partial charge is 0.160 e. The molecule has 1 aliphatic rings. The van der Waals surface area contributed by atoms with Gasteiger partial charge in [0.05, 0.1) is 22.8 Å². The first kappa shape index (κ1) is 56.0. The summed E-state index contributed by atoms with van der Waals surface area (Å²) < 4.78 is 8.80. The van der Waals surface area contributed by atoms with Gasteiger partial charge in [-0.1, -0.05) is 248 Å². The first-order valence-corrected chi connectivity index (χ1v) is 32.8. The van der Waals surface area contributed by atoms with Gasteiger partial charge < -0.3 is 4.42 Å². The van der Waals surface area contributed by atoms with Crippen molar-refractivity contribution in [2.45, 2.75) is 123 Å². The maximum atomic E-state index is 6.39. The molecule has 0 radical (unpaired) electrons. The van der Waals surface area contributed by atoms with E-state index in [1.807, 2.05) is 12.1 Å². The lowest BCUT2D eigenvalue weighted by molar-refractivity contribution is 0.398. The minimum atomic E-state index is -0.0792. The van der Waals surface area contributed by atoms with Crippen molar-refractivity contribution in [2.24, 2.45) is 0 Å². The number of para-hydroxylation sites is 1. The fourth-order valence-corrected chi connectivity index (χ4v) is 14.8. The molecule has 0 aliphatic heterocycles. The van der Waals surface area contributed by atoms with Gasteiger partial charge >= 0.3 is 0 Å². The minimum absolute atomic E-state index is 0.0792. The van der Waals surface area contributed by atoms with E-state index < -0.39 is 0 Å². The Morgan fingerprint density at radius 3 is 1.52 bits per heavy atom. The first-order valence-electron chi connectivity index (χ1n) is 32.0. The lowest BCUT2D eigenvalue weighted by Gasteiger charge is -2.33. The van der Waals surface area contributed by atoms with Crippen LogP contribution < -0.4 is 0 Å². The molecule has 4 aromatic heterocycles. The van der Waals surface area contributed by atoms with Crippen LogP contribution in [-0.4, -0.2) is 19.9 Å². The number of fused-ring (bicyclic) bond motifs is 9. The number of rotatable bonds is 21. The van der Waals surface area contributed by atoms with Gasteiger partial charge in [-0.15, -0.1) is 11.3 Å². The van der Waals surface area contributed by atoms with Gasteiger partial charge in [-0.25, -0.2) is 19.9 Å². The molecule has 9 aromatic carbocycles. The molecule has 430 valence electrons. The lowest BCUT2D eigenvalue weighted by atomic mass is 9.70. The molecule has 0 atom stereocenters. The molecule has 0 amide bonds. The van der Waals surface area contributed by atoms with Gasteiger partial charge in [0.15, 0.2) is 11.6 Å². The summed E-state index contributed by atoms with van der Waals surface area (Å²) in [5.74, 6) is 1.37. The average molecular weight is 1150 g/mol. The van der Waals surface area contributed by atoms with E-state index in [1.54, 1.807) is 11.3 Å². The number of benzene rings is 9. The summed E-state index contributed by atoms with van der Waals surface area (Å²) in [7, 11) is 0. The Hall–Kier alpha value is -8.84. The minimum Gasteiger partial charge on any atom is -0.456 e. The number of nitrogens with zero attached hydrogens (tertiary/aromatic N) is 4. The number of furan rings is 1. The molecule has 0 saturated carbocycles. The van der Waals surface area contributed by atoms with E-state index in [1.165, 1.54) is 142 Å². The van der Waals surface area contributed by atoms with Crippen molar-refractivity contribution in [3.8, 4) is 90.1 Å². The van der Waals surface area contributed by atoms with Crippen molar-refractivity contribution < 1.29 is 4.42 Å². The summed E-state index contributed by atoms with van der Waals surface area (Å²) >= 11 is 1.80. The number of unbranched alkanes of at least 4 members (excludes halogenated alkanes) is 10. The van der Waals surface area contributed by atoms with Crippen LogP contribution in [0.4, 0.5) is 0 Å². The zero-order valence-corrected chi connectivity index (χ0v) is 51.5. The SMILES string of the molecule is CCCCCCCCC1(CCCCCCCC)c2cc(C)ccc2-c2ccc(-c3cc(-c4cccc(-c5cc(-c6ccc(-c7ccc(C)cc7)cc6)nc(-c6ccccc6)n5)c4)nc(-c4ccc5sc6cc7oc8ccccc8c7cc6c5c4)n3)cc21. The molecule has 87 heavy (non-hydrogen) atoms. The molecule has 4 heterocycles. The third-order valence-corrected chi connectivity index (χ3v) is 19.6. The standard InChI is InChI=1S/C81H74N4OS/c1-5-7-9-11-13-20-43-81(44-21-14-12-10-8-6-2)69-45-54(4)31-40-63(69)64-41-38-61(48-70(64)81)74-51-73(84-80(85-74)62-39-42-77-67(47-62)68-49-66-65-27-18-19-28-75(65)86-76(66)52-78(68)87-77)60-26-22-25-59(46-60)72-50-71(82-79(83-72)58-23-16-15-17-24-58)57-36-34-56(35-37-57)55-32-29-53(3)30-33-55/h15-19,22-42,45-52H,5-14,20-21,43-44H2,1-4H3. The Bertz CT molecular complexity index is 4610. The van der Waals surface area contributed by atoms with Crippen molar-refractivity contribution in [2.75, 3.05) is 0 Å². The van der Waals surface area contributed by atoms with Crippen LogP contribution in [0.3, 0.4) is 0 Å². The van der Waals surface area contributed by atoms with Crippen LogP contribution in [0.1, 0.15) is 126 Å². The van der Waals surface area contributed by atoms with E-state index in [0.29, 0.717) is 11.6 Å². The van der Waals surface area contributed by atoms with Crippen LogP contribution in [0.25, 0.3) is 132 Å². The Morgan fingerprint density at radius 1 is 0.333 bits per heavy atom. The van der Waals surface area contributed by atoms with Crippen molar-refractivity contribution in [1.82, 2.24) is 19.9 Å². The molecule has 6 heteroatoms. The van der Waals surface area contributed by atoms with Gasteiger partial charge in [-0.3, -0.25) is 0 Å². The fraction of sp³-hybridized carbons (Fsp3) is 0.235.